The molecule has 34 heavy (non-hydrogen) atoms. The number of nitrogens with zero attached hydrogens (tertiary/aromatic N) is 7. The maximum atomic E-state index is 4.87. The SMILES string of the molecule is CCCC(CI)c1ccc(Nc2cc(N(C)C)nc(N3CCN(c4cnccn4)CC3)n2)cc1. The summed E-state index contributed by atoms with van der Waals surface area (Å²) in [6, 6.07) is 10.8. The van der Waals surface area contributed by atoms with Crippen molar-refractivity contribution in [2.45, 2.75) is 25.7 Å². The number of piperazine rings is 1. The van der Waals surface area contributed by atoms with Gasteiger partial charge in [-0.2, -0.15) is 9.97 Å². The molecule has 3 heterocycles. The minimum absolute atomic E-state index is 0.617. The van der Waals surface area contributed by atoms with Gasteiger partial charge in [0.1, 0.15) is 17.5 Å². The highest BCUT2D eigenvalue weighted by atomic mass is 127. The highest BCUT2D eigenvalue weighted by Gasteiger charge is 2.21. The fraction of sp³-hybridized carbons (Fsp3) is 0.440. The van der Waals surface area contributed by atoms with E-state index in [1.807, 2.05) is 31.3 Å². The van der Waals surface area contributed by atoms with Crippen LogP contribution in [0.2, 0.25) is 0 Å². The zero-order chi connectivity index (χ0) is 23.9. The summed E-state index contributed by atoms with van der Waals surface area (Å²) >= 11 is 2.49. The summed E-state index contributed by atoms with van der Waals surface area (Å²) in [4.78, 5) is 24.8. The Morgan fingerprint density at radius 1 is 1.03 bits per heavy atom. The van der Waals surface area contributed by atoms with E-state index in [1.165, 1.54) is 18.4 Å². The Morgan fingerprint density at radius 2 is 1.76 bits per heavy atom. The van der Waals surface area contributed by atoms with Crippen LogP contribution in [0, 0.1) is 0 Å². The van der Waals surface area contributed by atoms with E-state index in [1.54, 1.807) is 12.4 Å². The molecule has 0 radical (unpaired) electrons. The van der Waals surface area contributed by atoms with Crippen LogP contribution in [0.5, 0.6) is 0 Å². The summed E-state index contributed by atoms with van der Waals surface area (Å²) in [5, 5.41) is 3.49. The van der Waals surface area contributed by atoms with E-state index in [0.29, 0.717) is 5.92 Å². The monoisotopic (exact) mass is 572 g/mol. The van der Waals surface area contributed by atoms with Crippen molar-refractivity contribution in [3.05, 3.63) is 54.5 Å². The second-order valence-corrected chi connectivity index (χ2v) is 9.61. The molecule has 0 bridgehead atoms. The third-order valence-corrected chi connectivity index (χ3v) is 7.14. The number of benzene rings is 1. The Labute approximate surface area is 216 Å². The van der Waals surface area contributed by atoms with Crippen molar-refractivity contribution >= 4 is 51.7 Å². The van der Waals surface area contributed by atoms with Gasteiger partial charge < -0.3 is 20.0 Å². The predicted molar refractivity (Wildman–Crippen MR) is 149 cm³/mol. The van der Waals surface area contributed by atoms with Gasteiger partial charge in [-0.15, -0.1) is 0 Å². The molecule has 1 aliphatic heterocycles. The van der Waals surface area contributed by atoms with Gasteiger partial charge in [-0.05, 0) is 30.0 Å². The summed E-state index contributed by atoms with van der Waals surface area (Å²) in [7, 11) is 4.02. The third kappa shape index (κ3) is 6.05. The molecule has 4 rings (SSSR count). The molecule has 1 unspecified atom stereocenters. The van der Waals surface area contributed by atoms with Crippen molar-refractivity contribution < 1.29 is 0 Å². The van der Waals surface area contributed by atoms with Gasteiger partial charge in [-0.3, -0.25) is 4.98 Å². The number of hydrogen-bond acceptors (Lipinski definition) is 8. The van der Waals surface area contributed by atoms with Crippen LogP contribution in [-0.2, 0) is 0 Å². The van der Waals surface area contributed by atoms with Crippen LogP contribution in [0.25, 0.3) is 0 Å². The number of nitrogens with one attached hydrogen (secondary N) is 1. The number of alkyl halides is 1. The lowest BCUT2D eigenvalue weighted by Gasteiger charge is -2.35. The number of anilines is 5. The first kappa shape index (κ1) is 24.4. The van der Waals surface area contributed by atoms with E-state index in [9.17, 15) is 0 Å². The van der Waals surface area contributed by atoms with Crippen molar-refractivity contribution in [2.24, 2.45) is 0 Å². The third-order valence-electron chi connectivity index (χ3n) is 6.07. The molecule has 3 aromatic rings. The fourth-order valence-electron chi connectivity index (χ4n) is 4.11. The first-order valence-electron chi connectivity index (χ1n) is 11.8. The topological polar surface area (TPSA) is 73.3 Å². The summed E-state index contributed by atoms with van der Waals surface area (Å²) < 4.78 is 1.14. The summed E-state index contributed by atoms with van der Waals surface area (Å²) in [5.74, 6) is 3.97. The second-order valence-electron chi connectivity index (χ2n) is 8.73. The number of rotatable bonds is 9. The van der Waals surface area contributed by atoms with Gasteiger partial charge in [0.25, 0.3) is 0 Å². The molecule has 1 aliphatic rings. The summed E-state index contributed by atoms with van der Waals surface area (Å²) in [6.07, 6.45) is 7.69. The van der Waals surface area contributed by atoms with Crippen molar-refractivity contribution in [1.29, 1.82) is 0 Å². The molecular formula is C25H33IN8. The standard InChI is InChI=1S/C25H33IN8/c1-4-5-20(17-26)19-6-8-21(9-7-19)29-22-16-23(32(2)3)31-25(30-22)34-14-12-33(13-15-34)24-18-27-10-11-28-24/h6-11,16,18,20H,4-5,12-15,17H2,1-3H3,(H,29,30,31). The Morgan fingerprint density at radius 3 is 2.38 bits per heavy atom. The first-order chi connectivity index (χ1) is 16.6. The van der Waals surface area contributed by atoms with Gasteiger partial charge in [0.05, 0.1) is 6.20 Å². The number of halogens is 1. The molecule has 0 saturated carbocycles. The maximum Gasteiger partial charge on any atom is 0.229 e. The normalized spacial score (nSPS) is 14.7. The zero-order valence-corrected chi connectivity index (χ0v) is 22.3. The Hall–Kier alpha value is -2.69. The molecule has 1 aromatic carbocycles. The molecular weight excluding hydrogens is 539 g/mol. The lowest BCUT2D eigenvalue weighted by atomic mass is 9.96. The Bertz CT molecular complexity index is 1040. The van der Waals surface area contributed by atoms with Crippen LogP contribution in [0.4, 0.5) is 29.1 Å². The minimum Gasteiger partial charge on any atom is -0.363 e. The highest BCUT2D eigenvalue weighted by molar-refractivity contribution is 14.1. The van der Waals surface area contributed by atoms with Crippen LogP contribution < -0.4 is 20.0 Å². The predicted octanol–water partition coefficient (Wildman–Crippen LogP) is 4.72. The van der Waals surface area contributed by atoms with Crippen LogP contribution in [0.1, 0.15) is 31.2 Å². The van der Waals surface area contributed by atoms with E-state index in [4.69, 9.17) is 9.97 Å². The summed E-state index contributed by atoms with van der Waals surface area (Å²) in [6.45, 7) is 5.62. The largest absolute Gasteiger partial charge is 0.363 e. The van der Waals surface area contributed by atoms with Crippen LogP contribution >= 0.6 is 22.6 Å². The van der Waals surface area contributed by atoms with Crippen LogP contribution in [0.15, 0.2) is 48.9 Å². The molecule has 1 N–H and O–H groups in total. The molecule has 180 valence electrons. The van der Waals surface area contributed by atoms with E-state index in [-0.39, 0.29) is 0 Å². The number of aromatic nitrogens is 4. The van der Waals surface area contributed by atoms with E-state index >= 15 is 0 Å². The smallest absolute Gasteiger partial charge is 0.229 e. The average Bonchev–Trinajstić information content (AvgIpc) is 2.88. The lowest BCUT2D eigenvalue weighted by Crippen LogP contribution is -2.47. The van der Waals surface area contributed by atoms with Gasteiger partial charge in [0, 0.05) is 68.8 Å². The van der Waals surface area contributed by atoms with Crippen molar-refractivity contribution in [3.8, 4) is 0 Å². The molecule has 9 heteroatoms. The molecule has 0 spiro atoms. The van der Waals surface area contributed by atoms with E-state index in [0.717, 1.165) is 59.7 Å². The maximum absolute atomic E-state index is 4.87. The Balaban J connectivity index is 1.48. The van der Waals surface area contributed by atoms with E-state index < -0.39 is 0 Å². The quantitative estimate of drug-likeness (QED) is 0.292. The highest BCUT2D eigenvalue weighted by Crippen LogP contribution is 2.27. The molecule has 0 amide bonds. The van der Waals surface area contributed by atoms with Crippen molar-refractivity contribution in [2.75, 3.05) is 64.7 Å². The van der Waals surface area contributed by atoms with Crippen LogP contribution in [0.3, 0.4) is 0 Å². The minimum atomic E-state index is 0.617. The lowest BCUT2D eigenvalue weighted by molar-refractivity contribution is 0.634. The molecule has 0 aliphatic carbocycles. The van der Waals surface area contributed by atoms with Gasteiger partial charge in [-0.1, -0.05) is 48.1 Å². The molecule has 1 fully saturated rings. The molecule has 1 atom stereocenters. The average molecular weight is 572 g/mol. The molecule has 1 saturated heterocycles. The molecule has 8 nitrogen and oxygen atoms in total. The van der Waals surface area contributed by atoms with E-state index in [2.05, 4.69) is 78.9 Å². The van der Waals surface area contributed by atoms with Gasteiger partial charge in [-0.25, -0.2) is 4.98 Å². The molecule has 2 aromatic heterocycles. The van der Waals surface area contributed by atoms with Gasteiger partial charge in [0.15, 0.2) is 0 Å². The number of hydrogen-bond donors (Lipinski definition) is 1. The second kappa shape index (κ2) is 11.6. The van der Waals surface area contributed by atoms with Gasteiger partial charge >= 0.3 is 0 Å². The summed E-state index contributed by atoms with van der Waals surface area (Å²) in [5.41, 5.74) is 2.44. The van der Waals surface area contributed by atoms with Crippen LogP contribution in [-0.4, -0.2) is 64.6 Å². The van der Waals surface area contributed by atoms with Crippen molar-refractivity contribution in [3.63, 3.8) is 0 Å². The van der Waals surface area contributed by atoms with Gasteiger partial charge in [0.2, 0.25) is 5.95 Å². The zero-order valence-electron chi connectivity index (χ0n) is 20.2. The van der Waals surface area contributed by atoms with Crippen molar-refractivity contribution in [1.82, 2.24) is 19.9 Å². The Kier molecular flexibility index (Phi) is 8.36. The first-order valence-corrected chi connectivity index (χ1v) is 13.3. The fourth-order valence-corrected chi connectivity index (χ4v) is 5.06.